The lowest BCUT2D eigenvalue weighted by Crippen LogP contribution is -2.20. The summed E-state index contributed by atoms with van der Waals surface area (Å²) in [7, 11) is 0. The number of aromatic hydroxyl groups is 1. The van der Waals surface area contributed by atoms with Crippen LogP contribution in [0.15, 0.2) is 42.5 Å². The van der Waals surface area contributed by atoms with Gasteiger partial charge in [0, 0.05) is 22.3 Å². The van der Waals surface area contributed by atoms with Gasteiger partial charge in [-0.3, -0.25) is 19.5 Å². The van der Waals surface area contributed by atoms with Crippen molar-refractivity contribution in [2.45, 2.75) is 19.6 Å². The van der Waals surface area contributed by atoms with Gasteiger partial charge in [0.05, 0.1) is 11.9 Å². The molecule has 0 unspecified atom stereocenters. The number of hydrogen-bond donors (Lipinski definition) is 3. The molecule has 0 saturated heterocycles. The Morgan fingerprint density at radius 1 is 1.11 bits per heavy atom. The summed E-state index contributed by atoms with van der Waals surface area (Å²) in [6.45, 7) is 1.58. The highest BCUT2D eigenvalue weighted by Gasteiger charge is 2.27. The van der Waals surface area contributed by atoms with Crippen molar-refractivity contribution in [3.63, 3.8) is 0 Å². The molecule has 0 spiro atoms. The maximum absolute atomic E-state index is 13.0. The number of phenols is 1. The number of carbonyl (C=O) groups excluding carboxylic acids is 1. The largest absolute Gasteiger partial charge is 0.508 e. The van der Waals surface area contributed by atoms with Crippen LogP contribution in [0.5, 0.6) is 5.75 Å². The number of hydrogen-bond acceptors (Lipinski definition) is 4. The van der Waals surface area contributed by atoms with Crippen molar-refractivity contribution >= 4 is 28.5 Å². The van der Waals surface area contributed by atoms with Gasteiger partial charge in [-0.25, -0.2) is 0 Å². The second-order valence-corrected chi connectivity index (χ2v) is 6.18. The third kappa shape index (κ3) is 3.78. The molecule has 0 saturated carbocycles. The summed E-state index contributed by atoms with van der Waals surface area (Å²) in [6, 6.07) is 8.99. The normalized spacial score (nSPS) is 11.6. The highest BCUT2D eigenvalue weighted by molar-refractivity contribution is 6.05. The van der Waals surface area contributed by atoms with E-state index in [1.54, 1.807) is 6.92 Å². The van der Waals surface area contributed by atoms with Gasteiger partial charge in [0.2, 0.25) is 0 Å². The summed E-state index contributed by atoms with van der Waals surface area (Å²) in [4.78, 5) is 24.2. The van der Waals surface area contributed by atoms with Crippen LogP contribution in [0.1, 0.15) is 21.6 Å². The van der Waals surface area contributed by atoms with Crippen LogP contribution in [-0.4, -0.2) is 33.0 Å². The highest BCUT2D eigenvalue weighted by atomic mass is 19.4. The summed E-state index contributed by atoms with van der Waals surface area (Å²) in [6.07, 6.45) is -4.94. The summed E-state index contributed by atoms with van der Waals surface area (Å²) in [5.41, 5.74) is 1.07. The number of phenolic OH excluding ortho intramolecular Hbond substituents is 1. The summed E-state index contributed by atoms with van der Waals surface area (Å²) >= 11 is 0. The minimum Gasteiger partial charge on any atom is -0.508 e. The Bertz CT molecular complexity index is 1070. The first-order valence-corrected chi connectivity index (χ1v) is 8.11. The third-order valence-electron chi connectivity index (χ3n) is 4.27. The van der Waals surface area contributed by atoms with Gasteiger partial charge in [-0.2, -0.15) is 13.2 Å². The van der Waals surface area contributed by atoms with Gasteiger partial charge in [-0.05, 0) is 55.0 Å². The average molecular weight is 392 g/mol. The number of rotatable bonds is 4. The first-order valence-electron chi connectivity index (χ1n) is 8.11. The lowest BCUT2D eigenvalue weighted by atomic mass is 10.1. The zero-order chi connectivity index (χ0) is 20.6. The lowest BCUT2D eigenvalue weighted by molar-refractivity contribution is -0.136. The van der Waals surface area contributed by atoms with Crippen molar-refractivity contribution in [1.29, 1.82) is 0 Å². The topological polar surface area (TPSA) is 91.6 Å². The fourth-order valence-corrected chi connectivity index (χ4v) is 3.10. The second-order valence-electron chi connectivity index (χ2n) is 6.18. The Kier molecular flexibility index (Phi) is 4.76. The predicted octanol–water partition coefficient (Wildman–Crippen LogP) is 3.90. The van der Waals surface area contributed by atoms with Crippen LogP contribution in [0, 0.1) is 6.92 Å². The van der Waals surface area contributed by atoms with E-state index in [2.05, 4.69) is 0 Å². The van der Waals surface area contributed by atoms with E-state index in [0.717, 1.165) is 12.1 Å². The Hall–Kier alpha value is -3.49. The van der Waals surface area contributed by atoms with Crippen LogP contribution < -0.4 is 5.32 Å². The van der Waals surface area contributed by atoms with Crippen molar-refractivity contribution in [2.24, 2.45) is 0 Å². The predicted molar refractivity (Wildman–Crippen MR) is 95.5 cm³/mol. The van der Waals surface area contributed by atoms with Crippen LogP contribution in [-0.2, 0) is 11.2 Å². The van der Waals surface area contributed by atoms with Crippen molar-refractivity contribution in [3.05, 3.63) is 59.3 Å². The van der Waals surface area contributed by atoms with Crippen LogP contribution >= 0.6 is 0 Å². The number of aliphatic carboxylic acids is 1. The molecule has 1 heterocycles. The molecule has 0 aliphatic rings. The molecule has 3 aromatic rings. The van der Waals surface area contributed by atoms with Crippen molar-refractivity contribution in [2.75, 3.05) is 5.32 Å². The Balaban J connectivity index is 2.07. The number of nitrogens with one attached hydrogen (secondary N) is 1. The number of halogens is 3. The van der Waals surface area contributed by atoms with E-state index in [4.69, 9.17) is 5.11 Å². The van der Waals surface area contributed by atoms with Crippen molar-refractivity contribution < 1.29 is 33.0 Å². The smallest absolute Gasteiger partial charge is 0.482 e. The molecule has 9 heteroatoms. The Labute approximate surface area is 156 Å². The van der Waals surface area contributed by atoms with E-state index in [1.165, 1.54) is 40.2 Å². The van der Waals surface area contributed by atoms with E-state index in [9.17, 15) is 27.9 Å². The number of alkyl halides is 3. The molecule has 0 fully saturated rings. The van der Waals surface area contributed by atoms with Gasteiger partial charge in [0.1, 0.15) is 5.75 Å². The fourth-order valence-electron chi connectivity index (χ4n) is 3.10. The van der Waals surface area contributed by atoms with Crippen molar-refractivity contribution in [1.82, 2.24) is 4.57 Å². The molecule has 3 N–H and O–H groups in total. The Morgan fingerprint density at radius 2 is 1.75 bits per heavy atom. The van der Waals surface area contributed by atoms with Crippen LogP contribution in [0.3, 0.4) is 0 Å². The zero-order valence-corrected chi connectivity index (χ0v) is 14.5. The van der Waals surface area contributed by atoms with Gasteiger partial charge in [0.25, 0.3) is 5.91 Å². The van der Waals surface area contributed by atoms with Gasteiger partial charge >= 0.3 is 12.3 Å². The van der Waals surface area contributed by atoms with Gasteiger partial charge in [0.15, 0.2) is 0 Å². The molecule has 146 valence electrons. The molecule has 28 heavy (non-hydrogen) atoms. The fraction of sp³-hybridized carbons (Fsp3) is 0.158. The molecule has 2 aromatic carbocycles. The first kappa shape index (κ1) is 19.3. The average Bonchev–Trinajstić information content (AvgIpc) is 2.85. The number of carbonyl (C=O) groups is 2. The molecule has 0 atom stereocenters. The van der Waals surface area contributed by atoms with Gasteiger partial charge < -0.3 is 10.2 Å². The molecule has 0 amide bonds. The zero-order valence-electron chi connectivity index (χ0n) is 14.5. The summed E-state index contributed by atoms with van der Waals surface area (Å²) in [5.74, 6) is -1.70. The minimum atomic E-state index is -4.59. The van der Waals surface area contributed by atoms with E-state index in [0.29, 0.717) is 22.2 Å². The number of anilines is 1. The van der Waals surface area contributed by atoms with Crippen LogP contribution in [0.4, 0.5) is 18.9 Å². The monoisotopic (exact) mass is 392 g/mol. The molecular formula is C19H15F3N2O4. The second kappa shape index (κ2) is 6.91. The number of aromatic nitrogens is 1. The molecule has 0 aliphatic heterocycles. The van der Waals surface area contributed by atoms with E-state index < -0.39 is 18.2 Å². The van der Waals surface area contributed by atoms with Crippen LogP contribution in [0.2, 0.25) is 0 Å². The molecule has 0 radical (unpaired) electrons. The molecule has 6 nitrogen and oxygen atoms in total. The Morgan fingerprint density at radius 3 is 2.32 bits per heavy atom. The number of fused-ring (bicyclic) bond motifs is 1. The lowest BCUT2D eigenvalue weighted by Gasteiger charge is -2.11. The number of nitrogens with zero attached hydrogens (tertiary/aromatic N) is 1. The maximum Gasteiger partial charge on any atom is 0.482 e. The molecule has 3 rings (SSSR count). The molecule has 1 aromatic heterocycles. The van der Waals surface area contributed by atoms with E-state index in [1.807, 2.05) is 0 Å². The maximum atomic E-state index is 13.0. The summed E-state index contributed by atoms with van der Waals surface area (Å²) < 4.78 is 38.4. The number of benzene rings is 2. The molecular weight excluding hydrogens is 377 g/mol. The summed E-state index contributed by atoms with van der Waals surface area (Å²) in [5, 5.41) is 20.6. The highest BCUT2D eigenvalue weighted by Crippen LogP contribution is 2.30. The van der Waals surface area contributed by atoms with E-state index in [-0.39, 0.29) is 23.4 Å². The quantitative estimate of drug-likeness (QED) is 0.586. The molecule has 0 bridgehead atoms. The van der Waals surface area contributed by atoms with Crippen molar-refractivity contribution in [3.8, 4) is 5.75 Å². The third-order valence-corrected chi connectivity index (χ3v) is 4.27. The van der Waals surface area contributed by atoms with E-state index >= 15 is 0 Å². The SMILES string of the molecule is Cc1c(CC(=O)O)c2cc(O)ccc2n1C(=O)c1ccc(NC(F)(F)F)cc1. The first-order chi connectivity index (χ1) is 13.1. The molecule has 0 aliphatic carbocycles. The van der Waals surface area contributed by atoms with Gasteiger partial charge in [-0.1, -0.05) is 0 Å². The minimum absolute atomic E-state index is 0.0775. The number of carboxylic acid groups (broad SMARTS) is 1. The number of carboxylic acids is 1. The standard InChI is InChI=1S/C19H15F3N2O4/c1-10-14(9-17(26)27)15-8-13(25)6-7-16(15)24(10)18(28)11-2-4-12(5-3-11)23-19(20,21)22/h2-8,23,25H,9H2,1H3,(H,26,27). The van der Waals surface area contributed by atoms with Gasteiger partial charge in [-0.15, -0.1) is 0 Å². The van der Waals surface area contributed by atoms with Crippen LogP contribution in [0.25, 0.3) is 10.9 Å².